The minimum Gasteiger partial charge on any atom is -0.490 e. The topological polar surface area (TPSA) is 55.5 Å². The van der Waals surface area contributed by atoms with Gasteiger partial charge in [-0.25, -0.2) is 4.39 Å². The van der Waals surface area contributed by atoms with Gasteiger partial charge in [0.25, 0.3) is 0 Å². The first-order valence-electron chi connectivity index (χ1n) is 6.90. The molecule has 1 saturated carbocycles. The van der Waals surface area contributed by atoms with Gasteiger partial charge in [-0.2, -0.15) is 0 Å². The Bertz CT molecular complexity index is 428. The molecule has 1 atom stereocenters. The molecule has 2 rings (SSSR count). The molecular weight excluding hydrogens is 245 g/mol. The van der Waals surface area contributed by atoms with Crippen LogP contribution in [-0.4, -0.2) is 17.3 Å². The summed E-state index contributed by atoms with van der Waals surface area (Å²) in [6, 6.07) is 4.03. The molecule has 1 aliphatic carbocycles. The molecule has 1 aromatic rings. The first-order valence-corrected chi connectivity index (χ1v) is 6.90. The van der Waals surface area contributed by atoms with Crippen LogP contribution in [0.4, 0.5) is 4.39 Å². The molecule has 0 amide bonds. The van der Waals surface area contributed by atoms with E-state index in [0.717, 1.165) is 25.7 Å². The van der Waals surface area contributed by atoms with Crippen molar-refractivity contribution in [1.29, 1.82) is 0 Å². The summed E-state index contributed by atoms with van der Waals surface area (Å²) in [6.45, 7) is 2.04. The van der Waals surface area contributed by atoms with Crippen LogP contribution in [-0.2, 0) is 0 Å². The van der Waals surface area contributed by atoms with Crippen molar-refractivity contribution in [3.05, 3.63) is 29.6 Å². The lowest BCUT2D eigenvalue weighted by Gasteiger charge is -2.32. The fraction of sp³-hybridized carbons (Fsp3) is 0.600. The summed E-state index contributed by atoms with van der Waals surface area (Å²) >= 11 is 0. The van der Waals surface area contributed by atoms with E-state index in [0.29, 0.717) is 11.3 Å². The molecule has 3 N–H and O–H groups in total. The van der Waals surface area contributed by atoms with Crippen LogP contribution in [0.25, 0.3) is 0 Å². The van der Waals surface area contributed by atoms with Gasteiger partial charge in [-0.05, 0) is 38.0 Å². The Morgan fingerprint density at radius 1 is 1.37 bits per heavy atom. The lowest BCUT2D eigenvalue weighted by atomic mass is 9.85. The minimum absolute atomic E-state index is 0.248. The van der Waals surface area contributed by atoms with Gasteiger partial charge < -0.3 is 15.6 Å². The third-order valence-electron chi connectivity index (χ3n) is 3.74. The van der Waals surface area contributed by atoms with Crippen molar-refractivity contribution >= 4 is 0 Å². The summed E-state index contributed by atoms with van der Waals surface area (Å²) in [7, 11) is 0. The summed E-state index contributed by atoms with van der Waals surface area (Å²) < 4.78 is 18.9. The second-order valence-corrected chi connectivity index (χ2v) is 5.54. The highest BCUT2D eigenvalue weighted by atomic mass is 19.1. The van der Waals surface area contributed by atoms with Gasteiger partial charge in [0.2, 0.25) is 0 Å². The molecule has 0 heterocycles. The van der Waals surface area contributed by atoms with E-state index in [2.05, 4.69) is 0 Å². The smallest absolute Gasteiger partial charge is 0.124 e. The van der Waals surface area contributed by atoms with Crippen LogP contribution in [0, 0.1) is 5.82 Å². The van der Waals surface area contributed by atoms with Crippen LogP contribution in [0.3, 0.4) is 0 Å². The van der Waals surface area contributed by atoms with E-state index < -0.39 is 5.60 Å². The number of halogens is 1. The molecule has 0 spiro atoms. The van der Waals surface area contributed by atoms with Gasteiger partial charge in [-0.3, -0.25) is 0 Å². The Balaban J connectivity index is 2.06. The normalized spacial score (nSPS) is 20.0. The van der Waals surface area contributed by atoms with Crippen LogP contribution >= 0.6 is 0 Å². The Morgan fingerprint density at radius 3 is 2.68 bits per heavy atom. The van der Waals surface area contributed by atoms with E-state index in [-0.39, 0.29) is 18.5 Å². The summed E-state index contributed by atoms with van der Waals surface area (Å²) in [5, 5.41) is 10.4. The molecule has 106 valence electrons. The molecule has 0 unspecified atom stereocenters. The monoisotopic (exact) mass is 267 g/mol. The van der Waals surface area contributed by atoms with E-state index in [1.165, 1.54) is 18.6 Å². The van der Waals surface area contributed by atoms with Crippen molar-refractivity contribution in [3.8, 4) is 5.75 Å². The predicted molar refractivity (Wildman–Crippen MR) is 72.5 cm³/mol. The predicted octanol–water partition coefficient (Wildman–Crippen LogP) is 2.92. The molecule has 0 aromatic heterocycles. The van der Waals surface area contributed by atoms with E-state index in [4.69, 9.17) is 10.5 Å². The lowest BCUT2D eigenvalue weighted by molar-refractivity contribution is -0.0341. The average molecular weight is 267 g/mol. The maximum atomic E-state index is 13.2. The maximum absolute atomic E-state index is 13.2. The minimum atomic E-state index is -0.748. The molecule has 1 fully saturated rings. The third-order valence-corrected chi connectivity index (χ3v) is 3.74. The SMILES string of the molecule is C[C@H](N)c1cc(F)ccc1OCC1(O)CCCCC1. The largest absolute Gasteiger partial charge is 0.490 e. The first kappa shape index (κ1) is 14.3. The van der Waals surface area contributed by atoms with Crippen molar-refractivity contribution in [1.82, 2.24) is 0 Å². The zero-order chi connectivity index (χ0) is 13.9. The van der Waals surface area contributed by atoms with Crippen molar-refractivity contribution in [2.75, 3.05) is 6.61 Å². The molecule has 0 aliphatic heterocycles. The third kappa shape index (κ3) is 3.67. The van der Waals surface area contributed by atoms with Gasteiger partial charge >= 0.3 is 0 Å². The fourth-order valence-corrected chi connectivity index (χ4v) is 2.57. The van der Waals surface area contributed by atoms with Crippen molar-refractivity contribution < 1.29 is 14.2 Å². The van der Waals surface area contributed by atoms with Gasteiger partial charge in [0.05, 0.1) is 5.60 Å². The molecular formula is C15H22FNO2. The van der Waals surface area contributed by atoms with Crippen LogP contribution in [0.5, 0.6) is 5.75 Å². The zero-order valence-corrected chi connectivity index (χ0v) is 11.4. The number of nitrogens with two attached hydrogens (primary N) is 1. The van der Waals surface area contributed by atoms with Crippen LogP contribution < -0.4 is 10.5 Å². The summed E-state index contributed by atoms with van der Waals surface area (Å²) in [6.07, 6.45) is 4.76. The quantitative estimate of drug-likeness (QED) is 0.882. The number of hydrogen-bond donors (Lipinski definition) is 2. The summed E-state index contributed by atoms with van der Waals surface area (Å²) in [5.41, 5.74) is 5.71. The first-order chi connectivity index (χ1) is 9.00. The highest BCUT2D eigenvalue weighted by Crippen LogP contribution is 2.30. The summed E-state index contributed by atoms with van der Waals surface area (Å²) in [4.78, 5) is 0. The Labute approximate surface area is 113 Å². The average Bonchev–Trinajstić information content (AvgIpc) is 2.38. The number of rotatable bonds is 4. The van der Waals surface area contributed by atoms with E-state index in [1.54, 1.807) is 13.0 Å². The summed E-state index contributed by atoms with van der Waals surface area (Å²) in [5.74, 6) is 0.242. The second kappa shape index (κ2) is 5.88. The lowest BCUT2D eigenvalue weighted by Crippen LogP contribution is -2.38. The highest BCUT2D eigenvalue weighted by Gasteiger charge is 2.30. The van der Waals surface area contributed by atoms with Gasteiger partial charge in [0, 0.05) is 11.6 Å². The number of benzene rings is 1. The van der Waals surface area contributed by atoms with Crippen LogP contribution in [0.1, 0.15) is 50.6 Å². The van der Waals surface area contributed by atoms with Gasteiger partial charge in [-0.15, -0.1) is 0 Å². The van der Waals surface area contributed by atoms with Gasteiger partial charge in [0.15, 0.2) is 0 Å². The second-order valence-electron chi connectivity index (χ2n) is 5.54. The van der Waals surface area contributed by atoms with Gasteiger partial charge in [-0.1, -0.05) is 19.3 Å². The molecule has 0 saturated heterocycles. The zero-order valence-electron chi connectivity index (χ0n) is 11.4. The van der Waals surface area contributed by atoms with E-state index in [1.807, 2.05) is 0 Å². The van der Waals surface area contributed by atoms with Crippen LogP contribution in [0.15, 0.2) is 18.2 Å². The highest BCUT2D eigenvalue weighted by molar-refractivity contribution is 5.36. The Kier molecular flexibility index (Phi) is 4.42. The molecule has 1 aromatic carbocycles. The van der Waals surface area contributed by atoms with Crippen molar-refractivity contribution in [2.24, 2.45) is 5.73 Å². The molecule has 19 heavy (non-hydrogen) atoms. The standard InChI is InChI=1S/C15H22FNO2/c1-11(17)13-9-12(16)5-6-14(13)19-10-15(18)7-3-2-4-8-15/h5-6,9,11,18H,2-4,7-8,10,17H2,1H3/t11-/m0/s1. The molecule has 1 aliphatic rings. The van der Waals surface area contributed by atoms with E-state index >= 15 is 0 Å². The van der Waals surface area contributed by atoms with Crippen molar-refractivity contribution in [2.45, 2.75) is 50.7 Å². The maximum Gasteiger partial charge on any atom is 0.124 e. The van der Waals surface area contributed by atoms with Crippen molar-refractivity contribution in [3.63, 3.8) is 0 Å². The van der Waals surface area contributed by atoms with E-state index in [9.17, 15) is 9.50 Å². The van der Waals surface area contributed by atoms with Gasteiger partial charge in [0.1, 0.15) is 18.2 Å². The molecule has 0 radical (unpaired) electrons. The number of hydrogen-bond acceptors (Lipinski definition) is 3. The Hall–Kier alpha value is -1.13. The number of ether oxygens (including phenoxy) is 1. The Morgan fingerprint density at radius 2 is 2.05 bits per heavy atom. The molecule has 3 nitrogen and oxygen atoms in total. The van der Waals surface area contributed by atoms with Crippen LogP contribution in [0.2, 0.25) is 0 Å². The number of aliphatic hydroxyl groups is 1. The fourth-order valence-electron chi connectivity index (χ4n) is 2.57. The molecule has 0 bridgehead atoms. The molecule has 4 heteroatoms.